The highest BCUT2D eigenvalue weighted by atomic mass is 31.2. The summed E-state index contributed by atoms with van der Waals surface area (Å²) in [6.45, 7) is 7.92. The molecule has 0 saturated heterocycles. The van der Waals surface area contributed by atoms with E-state index in [4.69, 9.17) is 0 Å². The van der Waals surface area contributed by atoms with E-state index in [1.165, 1.54) is 0 Å². The fourth-order valence-electron chi connectivity index (χ4n) is 3.85. The van der Waals surface area contributed by atoms with E-state index in [9.17, 15) is 9.83 Å². The van der Waals surface area contributed by atoms with Crippen LogP contribution in [0.1, 0.15) is 33.9 Å². The number of nitriles is 1. The van der Waals surface area contributed by atoms with Crippen molar-refractivity contribution in [3.8, 4) is 6.07 Å². The number of nitrogens with zero attached hydrogens (tertiary/aromatic N) is 1. The molecule has 28 heavy (non-hydrogen) atoms. The molecule has 0 aliphatic rings. The smallest absolute Gasteiger partial charge is 0.207 e. The van der Waals surface area contributed by atoms with E-state index in [0.717, 1.165) is 38.4 Å². The van der Waals surface area contributed by atoms with Crippen molar-refractivity contribution in [2.45, 2.75) is 33.7 Å². The van der Waals surface area contributed by atoms with Gasteiger partial charge in [0.15, 0.2) is 0 Å². The first-order valence-electron chi connectivity index (χ1n) is 9.34. The minimum Gasteiger partial charge on any atom is -0.296 e. The maximum atomic E-state index is 14.8. The van der Waals surface area contributed by atoms with Gasteiger partial charge in [0.1, 0.15) is 6.04 Å². The second-order valence-corrected chi connectivity index (χ2v) is 9.56. The van der Waals surface area contributed by atoms with Crippen LogP contribution in [0.4, 0.5) is 0 Å². The molecule has 0 unspecified atom stereocenters. The number of nitrogens with one attached hydrogen (secondary N) is 1. The van der Waals surface area contributed by atoms with E-state index in [2.05, 4.69) is 11.2 Å². The van der Waals surface area contributed by atoms with E-state index in [-0.39, 0.29) is 0 Å². The molecule has 0 bridgehead atoms. The molecule has 1 atom stereocenters. The van der Waals surface area contributed by atoms with Gasteiger partial charge in [-0.25, -0.2) is 5.09 Å². The molecule has 0 aliphatic carbocycles. The maximum absolute atomic E-state index is 14.8. The van der Waals surface area contributed by atoms with Gasteiger partial charge in [-0.1, -0.05) is 66.7 Å². The van der Waals surface area contributed by atoms with Gasteiger partial charge in [0.05, 0.1) is 6.07 Å². The average molecular weight is 388 g/mol. The van der Waals surface area contributed by atoms with Gasteiger partial charge >= 0.3 is 0 Å². The number of rotatable bonds is 5. The van der Waals surface area contributed by atoms with E-state index < -0.39 is 13.3 Å². The first-order valence-corrected chi connectivity index (χ1v) is 11.0. The van der Waals surface area contributed by atoms with Crippen molar-refractivity contribution in [1.82, 2.24) is 5.09 Å². The molecule has 3 aromatic rings. The van der Waals surface area contributed by atoms with Gasteiger partial charge in [-0.15, -0.1) is 0 Å². The molecule has 1 N–H and O–H groups in total. The van der Waals surface area contributed by atoms with Crippen LogP contribution in [0.2, 0.25) is 0 Å². The molecule has 0 aromatic heterocycles. The Morgan fingerprint density at radius 3 is 1.57 bits per heavy atom. The van der Waals surface area contributed by atoms with Crippen LogP contribution in [0.3, 0.4) is 0 Å². The van der Waals surface area contributed by atoms with Crippen LogP contribution in [0.25, 0.3) is 0 Å². The van der Waals surface area contributed by atoms with Crippen molar-refractivity contribution in [2.24, 2.45) is 0 Å². The Balaban J connectivity index is 2.27. The summed E-state index contributed by atoms with van der Waals surface area (Å²) in [6.07, 6.45) is 0. The molecule has 0 aliphatic heterocycles. The summed E-state index contributed by atoms with van der Waals surface area (Å²) in [5, 5.41) is 14.8. The number of aryl methyl sites for hydroxylation is 4. The summed E-state index contributed by atoms with van der Waals surface area (Å²) in [7, 11) is -3.29. The minimum absolute atomic E-state index is 0.676. The quantitative estimate of drug-likeness (QED) is 0.626. The van der Waals surface area contributed by atoms with Crippen LogP contribution in [-0.4, -0.2) is 0 Å². The molecule has 3 aromatic carbocycles. The lowest BCUT2D eigenvalue weighted by Crippen LogP contribution is -2.34. The Bertz CT molecular complexity index is 988. The molecule has 0 amide bonds. The average Bonchev–Trinajstić information content (AvgIpc) is 2.66. The van der Waals surface area contributed by atoms with Crippen molar-refractivity contribution in [3.63, 3.8) is 0 Å². The molecular weight excluding hydrogens is 363 g/mol. The zero-order valence-electron chi connectivity index (χ0n) is 16.7. The summed E-state index contributed by atoms with van der Waals surface area (Å²) in [4.78, 5) is 0. The third-order valence-electron chi connectivity index (χ3n) is 5.08. The number of hydrogen-bond donors (Lipinski definition) is 1. The zero-order valence-corrected chi connectivity index (χ0v) is 17.6. The van der Waals surface area contributed by atoms with Gasteiger partial charge in [0, 0.05) is 10.6 Å². The van der Waals surface area contributed by atoms with Gasteiger partial charge in [-0.3, -0.25) is 4.57 Å². The van der Waals surface area contributed by atoms with Crippen LogP contribution in [0, 0.1) is 39.0 Å². The van der Waals surface area contributed by atoms with E-state index in [1.54, 1.807) is 0 Å². The molecule has 142 valence electrons. The first-order chi connectivity index (χ1) is 13.4. The molecule has 4 heteroatoms. The van der Waals surface area contributed by atoms with Crippen molar-refractivity contribution in [1.29, 1.82) is 5.26 Å². The number of benzene rings is 3. The van der Waals surface area contributed by atoms with Gasteiger partial charge in [-0.05, 0) is 55.5 Å². The van der Waals surface area contributed by atoms with Crippen molar-refractivity contribution in [3.05, 3.63) is 94.5 Å². The maximum Gasteiger partial charge on any atom is 0.207 e. The van der Waals surface area contributed by atoms with Gasteiger partial charge in [0.2, 0.25) is 7.29 Å². The van der Waals surface area contributed by atoms with Crippen molar-refractivity contribution < 1.29 is 4.57 Å². The molecular formula is C24H25N2OP. The van der Waals surface area contributed by atoms with Crippen LogP contribution in [0.5, 0.6) is 0 Å². The highest BCUT2D eigenvalue weighted by Gasteiger charge is 2.35. The third kappa shape index (κ3) is 3.67. The Kier molecular flexibility index (Phi) is 5.84. The van der Waals surface area contributed by atoms with E-state index in [1.807, 2.05) is 94.4 Å². The van der Waals surface area contributed by atoms with Crippen molar-refractivity contribution >= 4 is 17.9 Å². The summed E-state index contributed by atoms with van der Waals surface area (Å²) in [5.74, 6) is 0. The molecule has 0 radical (unpaired) electrons. The van der Waals surface area contributed by atoms with Crippen LogP contribution >= 0.6 is 7.29 Å². The molecule has 0 fully saturated rings. The topological polar surface area (TPSA) is 52.9 Å². The lowest BCUT2D eigenvalue weighted by atomic mass is 10.1. The Hall–Kier alpha value is -2.66. The molecule has 0 saturated carbocycles. The van der Waals surface area contributed by atoms with Crippen molar-refractivity contribution in [2.75, 3.05) is 0 Å². The van der Waals surface area contributed by atoms with Gasteiger partial charge in [-0.2, -0.15) is 5.26 Å². The second-order valence-electron chi connectivity index (χ2n) is 7.19. The van der Waals surface area contributed by atoms with E-state index in [0.29, 0.717) is 0 Å². The van der Waals surface area contributed by atoms with Crippen LogP contribution in [0.15, 0.2) is 66.7 Å². The van der Waals surface area contributed by atoms with Gasteiger partial charge in [0.25, 0.3) is 0 Å². The number of hydrogen-bond acceptors (Lipinski definition) is 2. The SMILES string of the molecule is Cc1cccc(C)c1P(=O)(N[C@@H](C#N)c1ccccc1)c1c(C)cccc1C. The first kappa shape index (κ1) is 20.1. The molecule has 3 rings (SSSR count). The van der Waals surface area contributed by atoms with Gasteiger partial charge < -0.3 is 0 Å². The standard InChI is InChI=1S/C24H25N2OP/c1-17-10-8-11-18(2)23(17)28(27,24-19(3)12-9-13-20(24)4)26-22(16-25)21-14-6-5-7-15-21/h5-15,22H,1-4H3,(H,26,27)/t22-/m0/s1. The predicted octanol–water partition coefficient (Wildman–Crippen LogP) is 5.00. The fourth-order valence-corrected chi connectivity index (χ4v) is 7.19. The predicted molar refractivity (Wildman–Crippen MR) is 117 cm³/mol. The molecule has 3 nitrogen and oxygen atoms in total. The summed E-state index contributed by atoms with van der Waals surface area (Å²) < 4.78 is 14.8. The summed E-state index contributed by atoms with van der Waals surface area (Å²) >= 11 is 0. The Labute approximate surface area is 167 Å². The summed E-state index contributed by atoms with van der Waals surface area (Å²) in [5.41, 5.74) is 4.65. The fraction of sp³-hybridized carbons (Fsp3) is 0.208. The second kappa shape index (κ2) is 8.15. The Morgan fingerprint density at radius 1 is 0.750 bits per heavy atom. The Morgan fingerprint density at radius 2 is 1.18 bits per heavy atom. The minimum atomic E-state index is -3.29. The molecule has 0 heterocycles. The summed E-state index contributed by atoms with van der Waals surface area (Å²) in [6, 6.07) is 23.0. The highest BCUT2D eigenvalue weighted by molar-refractivity contribution is 7.77. The monoisotopic (exact) mass is 388 g/mol. The lowest BCUT2D eigenvalue weighted by Gasteiger charge is -2.29. The largest absolute Gasteiger partial charge is 0.296 e. The highest BCUT2D eigenvalue weighted by Crippen LogP contribution is 2.45. The normalized spacial score (nSPS) is 12.4. The van der Waals surface area contributed by atoms with Crippen LogP contribution < -0.4 is 15.7 Å². The third-order valence-corrected chi connectivity index (χ3v) is 8.37. The molecule has 0 spiro atoms. The lowest BCUT2D eigenvalue weighted by molar-refractivity contribution is 0.573. The van der Waals surface area contributed by atoms with E-state index >= 15 is 0 Å². The van der Waals surface area contributed by atoms with Crippen LogP contribution in [-0.2, 0) is 4.57 Å². The zero-order chi connectivity index (χ0) is 20.3.